The second-order valence-electron chi connectivity index (χ2n) is 5.12. The summed E-state index contributed by atoms with van der Waals surface area (Å²) in [5.41, 5.74) is 2.34. The highest BCUT2D eigenvalue weighted by Gasteiger charge is 2.16. The smallest absolute Gasteiger partial charge is 0.231 e. The zero-order valence-corrected chi connectivity index (χ0v) is 13.0. The van der Waals surface area contributed by atoms with Gasteiger partial charge in [-0.1, -0.05) is 24.1 Å². The van der Waals surface area contributed by atoms with Crippen LogP contribution in [0.15, 0.2) is 47.4 Å². The highest BCUT2D eigenvalue weighted by atomic mass is 32.1. The minimum Gasteiger partial charge on any atom is -0.454 e. The van der Waals surface area contributed by atoms with E-state index in [0.717, 1.165) is 22.8 Å². The molecule has 3 rings (SSSR count). The van der Waals surface area contributed by atoms with Gasteiger partial charge in [-0.3, -0.25) is 5.32 Å². The summed E-state index contributed by atoms with van der Waals surface area (Å²) in [4.78, 5) is 0.940. The lowest BCUT2D eigenvalue weighted by molar-refractivity contribution is 0.174. The van der Waals surface area contributed by atoms with Gasteiger partial charge in [0.05, 0.1) is 6.54 Å². The second-order valence-corrected chi connectivity index (χ2v) is 5.64. The van der Waals surface area contributed by atoms with Crippen LogP contribution in [0.4, 0.5) is 0 Å². The van der Waals surface area contributed by atoms with Gasteiger partial charge in [-0.2, -0.15) is 0 Å². The average molecular weight is 311 g/mol. The molecule has 0 bridgehead atoms. The lowest BCUT2D eigenvalue weighted by Crippen LogP contribution is -2.23. The van der Waals surface area contributed by atoms with Gasteiger partial charge in [-0.05, 0) is 41.8 Å². The highest BCUT2D eigenvalue weighted by Crippen LogP contribution is 2.33. The Morgan fingerprint density at radius 1 is 1.18 bits per heavy atom. The summed E-state index contributed by atoms with van der Waals surface area (Å²) in [6, 6.07) is 14.3. The van der Waals surface area contributed by atoms with Crippen LogP contribution in [-0.4, -0.2) is 13.3 Å². The number of hydrogen-bond donors (Lipinski definition) is 2. The predicted molar refractivity (Wildman–Crippen MR) is 89.5 cm³/mol. The van der Waals surface area contributed by atoms with Gasteiger partial charge in [-0.15, -0.1) is 19.1 Å². The summed E-state index contributed by atoms with van der Waals surface area (Å²) in [5.74, 6) is 4.24. The monoisotopic (exact) mass is 311 g/mol. The molecule has 3 nitrogen and oxygen atoms in total. The summed E-state index contributed by atoms with van der Waals surface area (Å²) in [7, 11) is 0. The molecule has 0 fully saturated rings. The first-order chi connectivity index (χ1) is 10.8. The van der Waals surface area contributed by atoms with E-state index in [-0.39, 0.29) is 6.04 Å². The van der Waals surface area contributed by atoms with Gasteiger partial charge in [-0.25, -0.2) is 0 Å². The highest BCUT2D eigenvalue weighted by molar-refractivity contribution is 7.80. The maximum atomic E-state index is 5.44. The fourth-order valence-electron chi connectivity index (χ4n) is 2.54. The van der Waals surface area contributed by atoms with Crippen LogP contribution >= 0.6 is 12.6 Å². The maximum Gasteiger partial charge on any atom is 0.231 e. The van der Waals surface area contributed by atoms with Gasteiger partial charge in [0.2, 0.25) is 6.79 Å². The number of benzene rings is 2. The molecule has 0 saturated carbocycles. The summed E-state index contributed by atoms with van der Waals surface area (Å²) in [5, 5.41) is 3.39. The third kappa shape index (κ3) is 3.38. The van der Waals surface area contributed by atoms with Crippen molar-refractivity contribution in [3.05, 3.63) is 53.6 Å². The Morgan fingerprint density at radius 2 is 2.05 bits per heavy atom. The van der Waals surface area contributed by atoms with Crippen molar-refractivity contribution in [2.24, 2.45) is 0 Å². The third-order valence-corrected chi connectivity index (χ3v) is 3.88. The van der Waals surface area contributed by atoms with Crippen LogP contribution in [0.2, 0.25) is 0 Å². The van der Waals surface area contributed by atoms with Gasteiger partial charge < -0.3 is 9.47 Å². The molecule has 0 spiro atoms. The molecule has 112 valence electrons. The van der Waals surface area contributed by atoms with Gasteiger partial charge >= 0.3 is 0 Å². The Labute approximate surface area is 136 Å². The van der Waals surface area contributed by atoms with Crippen molar-refractivity contribution in [1.29, 1.82) is 0 Å². The first-order valence-corrected chi connectivity index (χ1v) is 7.55. The van der Waals surface area contributed by atoms with Crippen molar-refractivity contribution in [3.63, 3.8) is 0 Å². The van der Waals surface area contributed by atoms with Crippen LogP contribution in [0.3, 0.4) is 0 Å². The fraction of sp³-hybridized carbons (Fsp3) is 0.222. The molecule has 1 aliphatic heterocycles. The molecule has 0 amide bonds. The molecule has 4 heteroatoms. The quantitative estimate of drug-likeness (QED) is 0.656. The molecular formula is C18H17NO2S. The molecule has 0 radical (unpaired) electrons. The van der Waals surface area contributed by atoms with Crippen LogP contribution in [0, 0.1) is 12.3 Å². The van der Waals surface area contributed by atoms with Crippen molar-refractivity contribution >= 4 is 12.6 Å². The summed E-state index contributed by atoms with van der Waals surface area (Å²) < 4.78 is 10.8. The molecule has 2 aromatic carbocycles. The fourth-order valence-corrected chi connectivity index (χ4v) is 2.77. The molecule has 0 saturated heterocycles. The minimum absolute atomic E-state index is 0.128. The number of fused-ring (bicyclic) bond motifs is 1. The number of nitrogens with one attached hydrogen (secondary N) is 1. The van der Waals surface area contributed by atoms with Crippen LogP contribution in [-0.2, 0) is 6.42 Å². The summed E-state index contributed by atoms with van der Waals surface area (Å²) in [6.07, 6.45) is 6.20. The number of thiol groups is 1. The zero-order chi connectivity index (χ0) is 15.4. The first-order valence-electron chi connectivity index (χ1n) is 7.10. The molecule has 0 aliphatic carbocycles. The predicted octanol–water partition coefficient (Wildman–Crippen LogP) is 3.21. The Morgan fingerprint density at radius 3 is 2.86 bits per heavy atom. The first kappa shape index (κ1) is 14.8. The third-order valence-electron chi connectivity index (χ3n) is 3.60. The molecular weight excluding hydrogens is 294 g/mol. The molecule has 1 aliphatic rings. The topological polar surface area (TPSA) is 30.5 Å². The number of hydrogen-bond acceptors (Lipinski definition) is 4. The largest absolute Gasteiger partial charge is 0.454 e. The van der Waals surface area contributed by atoms with Crippen LogP contribution in [0.5, 0.6) is 11.5 Å². The van der Waals surface area contributed by atoms with E-state index in [1.165, 1.54) is 11.1 Å². The SMILES string of the molecule is C#CCNC(Cc1ccc2c(c1)OCO2)c1cccc(S)c1. The van der Waals surface area contributed by atoms with E-state index in [2.05, 4.69) is 42.1 Å². The van der Waals surface area contributed by atoms with Crippen molar-refractivity contribution < 1.29 is 9.47 Å². The summed E-state index contributed by atoms with van der Waals surface area (Å²) >= 11 is 4.41. The standard InChI is InChI=1S/C18H17NO2S/c1-2-8-19-16(14-4-3-5-15(22)11-14)9-13-6-7-17-18(10-13)21-12-20-17/h1,3-7,10-11,16,19,22H,8-9,12H2. The Bertz CT molecular complexity index is 708. The zero-order valence-electron chi connectivity index (χ0n) is 12.1. The lowest BCUT2D eigenvalue weighted by atomic mass is 9.98. The average Bonchev–Trinajstić information content (AvgIpc) is 2.99. The summed E-state index contributed by atoms with van der Waals surface area (Å²) in [6.45, 7) is 0.811. The van der Waals surface area contributed by atoms with E-state index in [1.807, 2.05) is 24.3 Å². The molecule has 1 N–H and O–H groups in total. The molecule has 1 atom stereocenters. The van der Waals surface area contributed by atoms with E-state index >= 15 is 0 Å². The molecule has 2 aromatic rings. The van der Waals surface area contributed by atoms with E-state index in [1.54, 1.807) is 0 Å². The van der Waals surface area contributed by atoms with E-state index in [9.17, 15) is 0 Å². The van der Waals surface area contributed by atoms with Crippen molar-refractivity contribution in [3.8, 4) is 23.8 Å². The van der Waals surface area contributed by atoms with E-state index in [4.69, 9.17) is 15.9 Å². The number of ether oxygens (including phenoxy) is 2. The Kier molecular flexibility index (Phi) is 4.57. The lowest BCUT2D eigenvalue weighted by Gasteiger charge is -2.19. The molecule has 22 heavy (non-hydrogen) atoms. The molecule has 1 unspecified atom stereocenters. The van der Waals surface area contributed by atoms with Gasteiger partial charge in [0.1, 0.15) is 0 Å². The maximum absolute atomic E-state index is 5.44. The Hall–Kier alpha value is -2.09. The van der Waals surface area contributed by atoms with E-state index in [0.29, 0.717) is 13.3 Å². The van der Waals surface area contributed by atoms with Crippen molar-refractivity contribution in [2.75, 3.05) is 13.3 Å². The molecule has 1 heterocycles. The minimum atomic E-state index is 0.128. The van der Waals surface area contributed by atoms with Crippen LogP contribution in [0.1, 0.15) is 17.2 Å². The van der Waals surface area contributed by atoms with E-state index < -0.39 is 0 Å². The van der Waals surface area contributed by atoms with Gasteiger partial charge in [0.15, 0.2) is 11.5 Å². The van der Waals surface area contributed by atoms with Crippen LogP contribution in [0.25, 0.3) is 0 Å². The van der Waals surface area contributed by atoms with Crippen molar-refractivity contribution in [2.45, 2.75) is 17.4 Å². The Balaban J connectivity index is 1.82. The van der Waals surface area contributed by atoms with Gasteiger partial charge in [0.25, 0.3) is 0 Å². The second kappa shape index (κ2) is 6.78. The molecule has 0 aromatic heterocycles. The van der Waals surface area contributed by atoms with Crippen molar-refractivity contribution in [1.82, 2.24) is 5.32 Å². The normalized spacial score (nSPS) is 13.6. The number of rotatable bonds is 5. The number of terminal acetylenes is 1. The van der Waals surface area contributed by atoms with Gasteiger partial charge in [0, 0.05) is 10.9 Å². The van der Waals surface area contributed by atoms with Crippen LogP contribution < -0.4 is 14.8 Å².